The minimum atomic E-state index is -3.50. The van der Waals surface area contributed by atoms with Crippen molar-refractivity contribution in [3.8, 4) is 5.69 Å². The summed E-state index contributed by atoms with van der Waals surface area (Å²) in [5.74, 6) is -0.0212. The van der Waals surface area contributed by atoms with Gasteiger partial charge in [0.15, 0.2) is 0 Å². The Morgan fingerprint density at radius 1 is 1.24 bits per heavy atom. The number of hydrogen-bond donors (Lipinski definition) is 1. The summed E-state index contributed by atoms with van der Waals surface area (Å²) in [6, 6.07) is 9.09. The lowest BCUT2D eigenvalue weighted by atomic mass is 10.3. The predicted molar refractivity (Wildman–Crippen MR) is 92.0 cm³/mol. The van der Waals surface area contributed by atoms with Crippen molar-refractivity contribution in [3.05, 3.63) is 46.4 Å². The first-order chi connectivity index (χ1) is 9.87. The molecule has 1 aromatic carbocycles. The normalized spacial score (nSPS) is 11.6. The van der Waals surface area contributed by atoms with Gasteiger partial charge in [-0.2, -0.15) is 0 Å². The van der Waals surface area contributed by atoms with Gasteiger partial charge in [0.1, 0.15) is 5.69 Å². The molecule has 0 amide bonds. The number of anilines is 1. The van der Waals surface area contributed by atoms with E-state index in [1.165, 1.54) is 4.68 Å². The molecule has 114 valence electrons. The van der Waals surface area contributed by atoms with Crippen molar-refractivity contribution < 1.29 is 8.42 Å². The molecule has 21 heavy (non-hydrogen) atoms. The monoisotopic (exact) mass is 421 g/mol. The highest BCUT2D eigenvalue weighted by Gasteiger charge is 2.20. The fourth-order valence-electron chi connectivity index (χ4n) is 1.99. The van der Waals surface area contributed by atoms with E-state index in [-0.39, 0.29) is 17.0 Å². The average molecular weight is 421 g/mol. The Morgan fingerprint density at radius 3 is 2.43 bits per heavy atom. The first-order valence-corrected chi connectivity index (χ1v) is 9.45. The molecule has 1 heterocycles. The summed E-state index contributed by atoms with van der Waals surface area (Å²) >= 11 is 1.99. The van der Waals surface area contributed by atoms with Gasteiger partial charge in [-0.1, -0.05) is 40.8 Å². The van der Waals surface area contributed by atoms with Crippen LogP contribution in [0.4, 0.5) is 5.69 Å². The van der Waals surface area contributed by atoms with E-state index in [1.807, 2.05) is 40.8 Å². The van der Waals surface area contributed by atoms with Gasteiger partial charge in [0.25, 0.3) is 5.56 Å². The number of sulfonamides is 1. The number of alkyl halides is 1. The van der Waals surface area contributed by atoms with Crippen LogP contribution >= 0.6 is 22.6 Å². The summed E-state index contributed by atoms with van der Waals surface area (Å²) < 4.78 is 29.7. The van der Waals surface area contributed by atoms with E-state index >= 15 is 0 Å². The smallest absolute Gasteiger partial charge is 0.283 e. The third-order valence-corrected chi connectivity index (χ3v) is 5.69. The van der Waals surface area contributed by atoms with E-state index in [2.05, 4.69) is 4.72 Å². The topological polar surface area (TPSA) is 73.1 Å². The number of rotatable bonds is 5. The van der Waals surface area contributed by atoms with Gasteiger partial charge in [-0.15, -0.1) is 0 Å². The van der Waals surface area contributed by atoms with Crippen LogP contribution in [0.25, 0.3) is 5.69 Å². The van der Waals surface area contributed by atoms with E-state index in [4.69, 9.17) is 0 Å². The summed E-state index contributed by atoms with van der Waals surface area (Å²) in [6.45, 7) is 1.71. The highest BCUT2D eigenvalue weighted by molar-refractivity contribution is 14.1. The Hall–Kier alpha value is -1.29. The molecule has 0 aliphatic carbocycles. The van der Waals surface area contributed by atoms with Crippen molar-refractivity contribution >= 4 is 38.3 Å². The van der Waals surface area contributed by atoms with E-state index in [1.54, 1.807) is 30.8 Å². The Labute approximate surface area is 136 Å². The van der Waals surface area contributed by atoms with Crippen molar-refractivity contribution in [1.29, 1.82) is 0 Å². The van der Waals surface area contributed by atoms with Crippen LogP contribution in [0.1, 0.15) is 5.69 Å². The molecule has 0 saturated carbocycles. The van der Waals surface area contributed by atoms with Gasteiger partial charge in [0.2, 0.25) is 10.0 Å². The number of para-hydroxylation sites is 1. The van der Waals surface area contributed by atoms with Gasteiger partial charge in [0, 0.05) is 11.5 Å². The van der Waals surface area contributed by atoms with E-state index < -0.39 is 10.0 Å². The SMILES string of the molecule is Cc1c(NS(=O)(=O)CCI)c(=O)n(-c2ccccc2)n1C. The minimum Gasteiger partial charge on any atom is -0.283 e. The lowest BCUT2D eigenvalue weighted by Crippen LogP contribution is -2.24. The Balaban J connectivity index is 2.54. The molecule has 0 aliphatic heterocycles. The van der Waals surface area contributed by atoms with Crippen molar-refractivity contribution in [1.82, 2.24) is 9.36 Å². The van der Waals surface area contributed by atoms with Crippen LogP contribution in [0.15, 0.2) is 35.1 Å². The molecule has 0 aliphatic rings. The summed E-state index contributed by atoms with van der Waals surface area (Å²) in [5, 5.41) is 0. The molecule has 0 radical (unpaired) electrons. The lowest BCUT2D eigenvalue weighted by molar-refractivity contribution is 0.603. The van der Waals surface area contributed by atoms with Crippen LogP contribution in [0.3, 0.4) is 0 Å². The fourth-order valence-corrected chi connectivity index (χ4v) is 4.58. The molecule has 1 N–H and O–H groups in total. The molecule has 0 atom stereocenters. The number of nitrogens with zero attached hydrogens (tertiary/aromatic N) is 2. The largest absolute Gasteiger partial charge is 0.296 e. The third kappa shape index (κ3) is 3.31. The highest BCUT2D eigenvalue weighted by Crippen LogP contribution is 2.15. The quantitative estimate of drug-likeness (QED) is 0.590. The van der Waals surface area contributed by atoms with Crippen molar-refractivity contribution in [2.75, 3.05) is 14.9 Å². The molecule has 1 aromatic heterocycles. The molecule has 0 saturated heterocycles. The maximum Gasteiger partial charge on any atom is 0.296 e. The van der Waals surface area contributed by atoms with Crippen LogP contribution in [0, 0.1) is 6.92 Å². The highest BCUT2D eigenvalue weighted by atomic mass is 127. The van der Waals surface area contributed by atoms with Crippen molar-refractivity contribution in [2.24, 2.45) is 7.05 Å². The van der Waals surface area contributed by atoms with Crippen LogP contribution < -0.4 is 10.3 Å². The molecular weight excluding hydrogens is 405 g/mol. The van der Waals surface area contributed by atoms with Gasteiger partial charge in [-0.25, -0.2) is 13.1 Å². The minimum absolute atomic E-state index is 0.0212. The van der Waals surface area contributed by atoms with Gasteiger partial charge in [0.05, 0.1) is 17.1 Å². The molecular formula is C13H16IN3O3S. The maximum atomic E-state index is 12.5. The third-order valence-electron chi connectivity index (χ3n) is 3.16. The van der Waals surface area contributed by atoms with Crippen LogP contribution in [-0.2, 0) is 17.1 Å². The molecule has 2 aromatic rings. The Kier molecular flexibility index (Phi) is 4.77. The first kappa shape index (κ1) is 16.1. The molecule has 6 nitrogen and oxygen atoms in total. The summed E-state index contributed by atoms with van der Waals surface area (Å²) in [7, 11) is -1.78. The average Bonchev–Trinajstić information content (AvgIpc) is 2.63. The summed E-state index contributed by atoms with van der Waals surface area (Å²) in [4.78, 5) is 12.5. The zero-order valence-corrected chi connectivity index (χ0v) is 14.7. The number of hydrogen-bond acceptors (Lipinski definition) is 3. The van der Waals surface area contributed by atoms with E-state index in [0.717, 1.165) is 0 Å². The van der Waals surface area contributed by atoms with Crippen molar-refractivity contribution in [2.45, 2.75) is 6.92 Å². The number of nitrogens with one attached hydrogen (secondary N) is 1. The summed E-state index contributed by atoms with van der Waals surface area (Å²) in [6.07, 6.45) is 0. The van der Waals surface area contributed by atoms with Gasteiger partial charge in [-0.3, -0.25) is 14.2 Å². The maximum absolute atomic E-state index is 12.5. The van der Waals surface area contributed by atoms with E-state index in [0.29, 0.717) is 15.8 Å². The second kappa shape index (κ2) is 6.22. The fraction of sp³-hybridized carbons (Fsp3) is 0.308. The number of halogens is 1. The second-order valence-corrected chi connectivity index (χ2v) is 7.47. The Bertz CT molecular complexity index is 794. The first-order valence-electron chi connectivity index (χ1n) is 6.28. The van der Waals surface area contributed by atoms with Crippen molar-refractivity contribution in [3.63, 3.8) is 0 Å². The molecule has 0 fully saturated rings. The summed E-state index contributed by atoms with van der Waals surface area (Å²) in [5.41, 5.74) is 0.984. The number of benzene rings is 1. The van der Waals surface area contributed by atoms with Gasteiger partial charge < -0.3 is 0 Å². The molecule has 0 bridgehead atoms. The van der Waals surface area contributed by atoms with Crippen LogP contribution in [0.2, 0.25) is 0 Å². The zero-order chi connectivity index (χ0) is 15.6. The standard InChI is InChI=1S/C13H16IN3O3S/c1-10-12(15-21(19,20)9-8-14)13(18)17(16(10)2)11-6-4-3-5-7-11/h3-7,15H,8-9H2,1-2H3. The predicted octanol–water partition coefficient (Wildman–Crippen LogP) is 1.66. The van der Waals surface area contributed by atoms with E-state index in [9.17, 15) is 13.2 Å². The van der Waals surface area contributed by atoms with Crippen LogP contribution in [0.5, 0.6) is 0 Å². The zero-order valence-electron chi connectivity index (χ0n) is 11.7. The molecule has 8 heteroatoms. The number of aromatic nitrogens is 2. The van der Waals surface area contributed by atoms with Gasteiger partial charge in [-0.05, 0) is 19.1 Å². The Morgan fingerprint density at radius 2 is 1.86 bits per heavy atom. The molecule has 2 rings (SSSR count). The molecule has 0 unspecified atom stereocenters. The lowest BCUT2D eigenvalue weighted by Gasteiger charge is -2.07. The van der Waals surface area contributed by atoms with Gasteiger partial charge >= 0.3 is 0 Å². The molecule has 0 spiro atoms. The van der Waals surface area contributed by atoms with Crippen LogP contribution in [-0.4, -0.2) is 28.0 Å². The second-order valence-electron chi connectivity index (χ2n) is 4.55.